The smallest absolute Gasteiger partial charge is 0.255 e. The second kappa shape index (κ2) is 7.58. The van der Waals surface area contributed by atoms with Gasteiger partial charge in [0.05, 0.1) is 12.7 Å². The van der Waals surface area contributed by atoms with E-state index in [1.165, 1.54) is 49.7 Å². The third kappa shape index (κ3) is 3.60. The normalized spacial score (nSPS) is 28.5. The Morgan fingerprint density at radius 1 is 1.06 bits per heavy atom. The molecule has 164 valence electrons. The van der Waals surface area contributed by atoms with Gasteiger partial charge in [0.25, 0.3) is 5.91 Å². The average molecular weight is 420 g/mol. The average Bonchev–Trinajstić information content (AvgIpc) is 2.71. The summed E-state index contributed by atoms with van der Waals surface area (Å²) in [5, 5.41) is 13.2. The fourth-order valence-corrected chi connectivity index (χ4v) is 7.13. The minimum absolute atomic E-state index is 0.150. The lowest BCUT2D eigenvalue weighted by Crippen LogP contribution is -2.49. The van der Waals surface area contributed by atoms with Crippen LogP contribution in [0.25, 0.3) is 0 Å². The fraction of sp³-hybridized carbons (Fsp3) is 0.519. The van der Waals surface area contributed by atoms with E-state index in [-0.39, 0.29) is 23.6 Å². The van der Waals surface area contributed by atoms with E-state index in [2.05, 4.69) is 18.3 Å². The van der Waals surface area contributed by atoms with Crippen molar-refractivity contribution in [1.29, 1.82) is 0 Å². The second-order valence-electron chi connectivity index (χ2n) is 10.4. The van der Waals surface area contributed by atoms with Crippen LogP contribution in [-0.2, 0) is 12.0 Å². The van der Waals surface area contributed by atoms with E-state index in [9.17, 15) is 9.90 Å². The van der Waals surface area contributed by atoms with Gasteiger partial charge in [0.1, 0.15) is 11.5 Å². The van der Waals surface area contributed by atoms with Crippen LogP contribution in [0, 0.1) is 31.6 Å². The van der Waals surface area contributed by atoms with Crippen molar-refractivity contribution in [3.8, 4) is 11.5 Å². The molecule has 0 unspecified atom stereocenters. The monoisotopic (exact) mass is 419 g/mol. The summed E-state index contributed by atoms with van der Waals surface area (Å²) in [6.45, 7) is 4.39. The molecule has 0 aliphatic heterocycles. The van der Waals surface area contributed by atoms with E-state index in [1.807, 2.05) is 25.1 Å². The van der Waals surface area contributed by atoms with E-state index in [4.69, 9.17) is 4.74 Å². The summed E-state index contributed by atoms with van der Waals surface area (Å²) < 4.78 is 5.60. The zero-order chi connectivity index (χ0) is 21.8. The largest absolute Gasteiger partial charge is 0.508 e. The lowest BCUT2D eigenvalue weighted by Gasteiger charge is -2.57. The predicted octanol–water partition coefficient (Wildman–Crippen LogP) is 5.42. The summed E-state index contributed by atoms with van der Waals surface area (Å²) >= 11 is 0. The molecule has 4 saturated carbocycles. The highest BCUT2D eigenvalue weighted by atomic mass is 16.5. The van der Waals surface area contributed by atoms with Crippen molar-refractivity contribution in [2.45, 2.75) is 64.3 Å². The number of nitrogens with one attached hydrogen (secondary N) is 1. The molecule has 0 spiro atoms. The Morgan fingerprint density at radius 3 is 2.29 bits per heavy atom. The maximum Gasteiger partial charge on any atom is 0.255 e. The predicted molar refractivity (Wildman–Crippen MR) is 122 cm³/mol. The topological polar surface area (TPSA) is 58.6 Å². The molecule has 0 saturated heterocycles. The number of aryl methyl sites for hydroxylation is 2. The molecule has 4 heteroatoms. The van der Waals surface area contributed by atoms with Gasteiger partial charge in [-0.05, 0) is 110 Å². The Bertz CT molecular complexity index is 990. The van der Waals surface area contributed by atoms with Gasteiger partial charge in [-0.2, -0.15) is 0 Å². The minimum Gasteiger partial charge on any atom is -0.508 e. The number of hydrogen-bond acceptors (Lipinski definition) is 3. The van der Waals surface area contributed by atoms with Gasteiger partial charge in [-0.3, -0.25) is 4.79 Å². The lowest BCUT2D eigenvalue weighted by molar-refractivity contribution is -0.00549. The molecule has 2 aromatic rings. The van der Waals surface area contributed by atoms with Crippen LogP contribution in [0.5, 0.6) is 11.5 Å². The molecule has 0 atom stereocenters. The maximum absolute atomic E-state index is 13.2. The lowest BCUT2D eigenvalue weighted by atomic mass is 9.47. The second-order valence-corrected chi connectivity index (χ2v) is 10.4. The minimum atomic E-state index is -0.150. The number of amides is 1. The van der Waals surface area contributed by atoms with Crippen molar-refractivity contribution in [3.05, 3.63) is 58.1 Å². The number of rotatable bonds is 5. The molecular weight excluding hydrogens is 386 g/mol. The van der Waals surface area contributed by atoms with Crippen LogP contribution in [0.2, 0.25) is 0 Å². The van der Waals surface area contributed by atoms with E-state index >= 15 is 0 Å². The first kappa shape index (κ1) is 20.4. The molecule has 4 nitrogen and oxygen atoms in total. The van der Waals surface area contributed by atoms with Crippen molar-refractivity contribution >= 4 is 5.91 Å². The number of aromatic hydroxyl groups is 1. The molecule has 0 radical (unpaired) electrons. The number of carbonyl (C=O) groups is 1. The molecule has 2 N–H and O–H groups in total. The Balaban J connectivity index is 1.44. The molecule has 4 aliphatic carbocycles. The van der Waals surface area contributed by atoms with Gasteiger partial charge in [-0.1, -0.05) is 12.1 Å². The van der Waals surface area contributed by atoms with Crippen molar-refractivity contribution in [2.75, 3.05) is 7.11 Å². The third-order valence-electron chi connectivity index (χ3n) is 8.08. The molecule has 31 heavy (non-hydrogen) atoms. The molecule has 4 bridgehead atoms. The van der Waals surface area contributed by atoms with Crippen molar-refractivity contribution in [2.24, 2.45) is 17.8 Å². The quantitative estimate of drug-likeness (QED) is 0.681. The van der Waals surface area contributed by atoms with E-state index in [0.29, 0.717) is 16.9 Å². The number of hydrogen-bond donors (Lipinski definition) is 2. The zero-order valence-electron chi connectivity index (χ0n) is 18.8. The summed E-state index contributed by atoms with van der Waals surface area (Å²) in [5.74, 6) is 3.25. The van der Waals surface area contributed by atoms with Gasteiger partial charge in [0, 0.05) is 12.1 Å². The number of ether oxygens (including phenoxy) is 1. The first-order chi connectivity index (χ1) is 14.9. The molecular formula is C27H33NO3. The van der Waals surface area contributed by atoms with Crippen LogP contribution in [0.1, 0.15) is 71.1 Å². The maximum atomic E-state index is 13.2. The molecule has 2 aromatic carbocycles. The number of methoxy groups -OCH3 is 1. The summed E-state index contributed by atoms with van der Waals surface area (Å²) in [5.41, 5.74) is 5.14. The molecule has 0 aromatic heterocycles. The van der Waals surface area contributed by atoms with Gasteiger partial charge in [0.2, 0.25) is 0 Å². The molecule has 1 amide bonds. The Labute approximate surface area is 185 Å². The van der Waals surface area contributed by atoms with Crippen LogP contribution in [0.3, 0.4) is 0 Å². The first-order valence-corrected chi connectivity index (χ1v) is 11.6. The van der Waals surface area contributed by atoms with Gasteiger partial charge >= 0.3 is 0 Å². The van der Waals surface area contributed by atoms with Crippen LogP contribution < -0.4 is 10.1 Å². The van der Waals surface area contributed by atoms with Crippen molar-refractivity contribution in [1.82, 2.24) is 5.32 Å². The van der Waals surface area contributed by atoms with E-state index < -0.39 is 0 Å². The SMILES string of the molecule is COc1cc(C)c(C23CC4CC(CC(C4)C2)C3)cc1C(=O)NCc1ccc(C)cc1O. The van der Waals surface area contributed by atoms with Crippen molar-refractivity contribution < 1.29 is 14.6 Å². The highest BCUT2D eigenvalue weighted by Crippen LogP contribution is 2.61. The van der Waals surface area contributed by atoms with E-state index in [1.54, 1.807) is 13.2 Å². The molecule has 0 heterocycles. The fourth-order valence-electron chi connectivity index (χ4n) is 7.13. The van der Waals surface area contributed by atoms with Gasteiger partial charge in [0.15, 0.2) is 0 Å². The highest BCUT2D eigenvalue weighted by Gasteiger charge is 2.52. The Morgan fingerprint density at radius 2 is 1.71 bits per heavy atom. The number of phenols is 1. The van der Waals surface area contributed by atoms with Crippen LogP contribution in [0.4, 0.5) is 0 Å². The summed E-state index contributed by atoms with van der Waals surface area (Å²) in [7, 11) is 1.63. The molecule has 4 aliphatic rings. The van der Waals surface area contributed by atoms with Crippen LogP contribution in [0.15, 0.2) is 30.3 Å². The summed E-state index contributed by atoms with van der Waals surface area (Å²) in [4.78, 5) is 13.2. The molecule has 4 fully saturated rings. The van der Waals surface area contributed by atoms with Crippen molar-refractivity contribution in [3.63, 3.8) is 0 Å². The summed E-state index contributed by atoms with van der Waals surface area (Å²) in [6.07, 6.45) is 8.02. The summed E-state index contributed by atoms with van der Waals surface area (Å²) in [6, 6.07) is 9.69. The van der Waals surface area contributed by atoms with Gasteiger partial charge in [-0.25, -0.2) is 0 Å². The molecule has 6 rings (SSSR count). The number of carbonyl (C=O) groups excluding carboxylic acids is 1. The van der Waals surface area contributed by atoms with Gasteiger partial charge < -0.3 is 15.2 Å². The number of benzene rings is 2. The van der Waals surface area contributed by atoms with Crippen LogP contribution in [-0.4, -0.2) is 18.1 Å². The van der Waals surface area contributed by atoms with Crippen LogP contribution >= 0.6 is 0 Å². The Kier molecular flexibility index (Phi) is 4.99. The van der Waals surface area contributed by atoms with E-state index in [0.717, 1.165) is 23.3 Å². The van der Waals surface area contributed by atoms with Gasteiger partial charge in [-0.15, -0.1) is 0 Å². The highest BCUT2D eigenvalue weighted by molar-refractivity contribution is 5.97. The zero-order valence-corrected chi connectivity index (χ0v) is 18.8. The third-order valence-corrected chi connectivity index (χ3v) is 8.08. The standard InChI is InChI=1S/C27H33NO3/c1-16-4-5-21(24(29)6-16)15-28-26(30)22-11-23(17(2)7-25(22)31-3)27-12-18-8-19(13-27)10-20(9-18)14-27/h4-7,11,18-20,29H,8-10,12-15H2,1-3H3,(H,28,30). The Hall–Kier alpha value is -2.49. The number of phenolic OH excluding ortho intramolecular Hbond substituents is 1. The first-order valence-electron chi connectivity index (χ1n) is 11.6.